The Labute approximate surface area is 255 Å². The van der Waals surface area contributed by atoms with Crippen LogP contribution in [-0.2, 0) is 0 Å². The van der Waals surface area contributed by atoms with Gasteiger partial charge in [-0.3, -0.25) is 0 Å². The summed E-state index contributed by atoms with van der Waals surface area (Å²) in [4.78, 5) is 0. The number of unbranched alkanes of at least 4 members (excludes halogenated alkanes) is 29. The van der Waals surface area contributed by atoms with Crippen molar-refractivity contribution in [2.24, 2.45) is 5.73 Å². The van der Waals surface area contributed by atoms with E-state index in [0.29, 0.717) is 0 Å². The van der Waals surface area contributed by atoms with Crippen molar-refractivity contribution in [3.63, 3.8) is 0 Å². The molecule has 0 aromatic rings. The fourth-order valence-electron chi connectivity index (χ4n) is 5.80. The number of nitrogens with two attached hydrogens (primary N) is 1. The minimum absolute atomic E-state index is 0. The van der Waals surface area contributed by atoms with Crippen LogP contribution < -0.4 is 11.1 Å². The monoisotopic (exact) mass is 573 g/mol. The lowest BCUT2D eigenvalue weighted by atomic mass is 10.0. The highest BCUT2D eigenvalue weighted by Gasteiger charge is 2.01. The summed E-state index contributed by atoms with van der Waals surface area (Å²) in [5.41, 5.74) is 6.28. The largest absolute Gasteiger partial charge is 0.316 e. The zero-order valence-corrected chi connectivity index (χ0v) is 28.2. The third kappa shape index (κ3) is 38.2. The fraction of sp³-hybridized carbons (Fsp3) is 1.00. The number of halogens is 1. The van der Waals surface area contributed by atoms with Crippen LogP contribution in [0.25, 0.3) is 0 Å². The van der Waals surface area contributed by atoms with E-state index in [1.807, 2.05) is 0 Å². The average molecular weight is 573 g/mol. The van der Waals surface area contributed by atoms with Crippen LogP contribution in [0.3, 0.4) is 0 Å². The molecule has 0 heterocycles. The van der Waals surface area contributed by atoms with Crippen molar-refractivity contribution in [3.05, 3.63) is 0 Å². The molecule has 0 aromatic carbocycles. The maximum atomic E-state index is 6.28. The van der Waals surface area contributed by atoms with Gasteiger partial charge in [0.25, 0.3) is 0 Å². The lowest BCUT2D eigenvalue weighted by Crippen LogP contribution is -2.37. The van der Waals surface area contributed by atoms with Gasteiger partial charge in [0.1, 0.15) is 0 Å². The maximum Gasteiger partial charge on any atom is 0.0546 e. The Kier molecular flexibility index (Phi) is 40.5. The van der Waals surface area contributed by atoms with E-state index in [4.69, 9.17) is 5.73 Å². The first-order chi connectivity index (χ1) is 18.8. The van der Waals surface area contributed by atoms with E-state index in [-0.39, 0.29) is 18.6 Å². The number of hydrogen-bond acceptors (Lipinski definition) is 2. The van der Waals surface area contributed by atoms with Gasteiger partial charge >= 0.3 is 0 Å². The van der Waals surface area contributed by atoms with E-state index < -0.39 is 0 Å². The van der Waals surface area contributed by atoms with Gasteiger partial charge in [0, 0.05) is 0 Å². The SMILES string of the molecule is CCCCCCCCCCCCCCCCCCNC(N)CCCCCCCCCCCCCCCCC.Cl. The molecule has 0 bridgehead atoms. The van der Waals surface area contributed by atoms with Crippen molar-refractivity contribution in [1.29, 1.82) is 0 Å². The molecule has 0 amide bonds. The van der Waals surface area contributed by atoms with E-state index in [9.17, 15) is 0 Å². The van der Waals surface area contributed by atoms with Gasteiger partial charge in [-0.05, 0) is 19.4 Å². The van der Waals surface area contributed by atoms with E-state index in [1.54, 1.807) is 0 Å². The first-order valence-electron chi connectivity index (χ1n) is 18.3. The normalized spacial score (nSPS) is 12.1. The molecule has 1 atom stereocenters. The summed E-state index contributed by atoms with van der Waals surface area (Å²) >= 11 is 0. The van der Waals surface area contributed by atoms with Gasteiger partial charge in [-0.15, -0.1) is 12.4 Å². The number of rotatable bonds is 34. The molecule has 1 unspecified atom stereocenters. The minimum atomic E-state index is 0. The summed E-state index contributed by atoms with van der Waals surface area (Å²) in [5, 5.41) is 3.56. The molecule has 0 aliphatic carbocycles. The fourth-order valence-corrected chi connectivity index (χ4v) is 5.80. The predicted molar refractivity (Wildman–Crippen MR) is 182 cm³/mol. The molecule has 0 aromatic heterocycles. The van der Waals surface area contributed by atoms with Crippen molar-refractivity contribution in [2.75, 3.05) is 6.54 Å². The zero-order chi connectivity index (χ0) is 27.6. The molecule has 0 aliphatic heterocycles. The van der Waals surface area contributed by atoms with Gasteiger partial charge in [0.2, 0.25) is 0 Å². The standard InChI is InChI=1S/C36H76N2.ClH/c1-3-5-7-9-11-13-15-17-19-21-23-25-27-29-31-33-35-38-36(37)34-32-30-28-26-24-22-20-18-16-14-12-10-8-6-4-2;/h36,38H,3-35,37H2,1-2H3;1H. The van der Waals surface area contributed by atoms with Crippen LogP contribution in [0.4, 0.5) is 0 Å². The molecular weight excluding hydrogens is 496 g/mol. The third-order valence-electron chi connectivity index (χ3n) is 8.56. The van der Waals surface area contributed by atoms with Gasteiger partial charge in [-0.2, -0.15) is 0 Å². The van der Waals surface area contributed by atoms with E-state index >= 15 is 0 Å². The second-order valence-electron chi connectivity index (χ2n) is 12.6. The highest BCUT2D eigenvalue weighted by Crippen LogP contribution is 2.15. The summed E-state index contributed by atoms with van der Waals surface area (Å²) in [6, 6.07) is 0. The summed E-state index contributed by atoms with van der Waals surface area (Å²) in [5.74, 6) is 0. The maximum absolute atomic E-state index is 6.28. The lowest BCUT2D eigenvalue weighted by Gasteiger charge is -2.13. The molecule has 39 heavy (non-hydrogen) atoms. The lowest BCUT2D eigenvalue weighted by molar-refractivity contribution is 0.449. The van der Waals surface area contributed by atoms with Crippen LogP contribution in [0.15, 0.2) is 0 Å². The number of nitrogens with one attached hydrogen (secondary N) is 1. The second kappa shape index (κ2) is 38.2. The van der Waals surface area contributed by atoms with E-state index in [2.05, 4.69) is 19.2 Å². The van der Waals surface area contributed by atoms with Crippen LogP contribution in [0.2, 0.25) is 0 Å². The Morgan fingerprint density at radius 2 is 0.590 bits per heavy atom. The minimum Gasteiger partial charge on any atom is -0.316 e. The van der Waals surface area contributed by atoms with E-state index in [1.165, 1.54) is 199 Å². The zero-order valence-electron chi connectivity index (χ0n) is 27.4. The Hall–Kier alpha value is 0.210. The summed E-state index contributed by atoms with van der Waals surface area (Å²) in [6.07, 6.45) is 45.8. The summed E-state index contributed by atoms with van der Waals surface area (Å²) in [7, 11) is 0. The van der Waals surface area contributed by atoms with Crippen molar-refractivity contribution < 1.29 is 0 Å². The van der Waals surface area contributed by atoms with Gasteiger partial charge < -0.3 is 11.1 Å². The van der Waals surface area contributed by atoms with Crippen LogP contribution >= 0.6 is 12.4 Å². The Bertz CT molecular complexity index is 404. The molecule has 3 heteroatoms. The molecule has 0 saturated heterocycles. The van der Waals surface area contributed by atoms with Crippen molar-refractivity contribution in [2.45, 2.75) is 225 Å². The summed E-state index contributed by atoms with van der Waals surface area (Å²) < 4.78 is 0. The van der Waals surface area contributed by atoms with Gasteiger partial charge in [0.05, 0.1) is 6.17 Å². The Balaban J connectivity index is 0. The van der Waals surface area contributed by atoms with Gasteiger partial charge in [0.15, 0.2) is 0 Å². The smallest absolute Gasteiger partial charge is 0.0546 e. The summed E-state index contributed by atoms with van der Waals surface area (Å²) in [6.45, 7) is 5.71. The average Bonchev–Trinajstić information content (AvgIpc) is 2.92. The molecule has 0 fully saturated rings. The molecular formula is C36H77ClN2. The second-order valence-corrected chi connectivity index (χ2v) is 12.6. The van der Waals surface area contributed by atoms with E-state index in [0.717, 1.165) is 13.0 Å². The topological polar surface area (TPSA) is 38.0 Å². The van der Waals surface area contributed by atoms with Gasteiger partial charge in [-0.25, -0.2) is 0 Å². The van der Waals surface area contributed by atoms with Crippen LogP contribution in [0.1, 0.15) is 219 Å². The molecule has 0 rings (SSSR count). The van der Waals surface area contributed by atoms with Crippen LogP contribution in [-0.4, -0.2) is 12.7 Å². The van der Waals surface area contributed by atoms with Crippen molar-refractivity contribution in [1.82, 2.24) is 5.32 Å². The van der Waals surface area contributed by atoms with Gasteiger partial charge in [-0.1, -0.05) is 206 Å². The number of hydrogen-bond donors (Lipinski definition) is 2. The molecule has 0 saturated carbocycles. The molecule has 238 valence electrons. The third-order valence-corrected chi connectivity index (χ3v) is 8.56. The molecule has 2 nitrogen and oxygen atoms in total. The van der Waals surface area contributed by atoms with Crippen molar-refractivity contribution >= 4 is 12.4 Å². The highest BCUT2D eigenvalue weighted by molar-refractivity contribution is 5.85. The first-order valence-corrected chi connectivity index (χ1v) is 18.3. The van der Waals surface area contributed by atoms with Crippen molar-refractivity contribution in [3.8, 4) is 0 Å². The Morgan fingerprint density at radius 1 is 0.359 bits per heavy atom. The molecule has 0 spiro atoms. The van der Waals surface area contributed by atoms with Crippen LogP contribution in [0.5, 0.6) is 0 Å². The Morgan fingerprint density at radius 3 is 0.872 bits per heavy atom. The highest BCUT2D eigenvalue weighted by atomic mass is 35.5. The molecule has 0 aliphatic rings. The molecule has 3 N–H and O–H groups in total. The van der Waals surface area contributed by atoms with Crippen LogP contribution in [0, 0.1) is 0 Å². The quantitative estimate of drug-likeness (QED) is 0.0594. The predicted octanol–water partition coefficient (Wildman–Crippen LogP) is 12.8. The molecule has 0 radical (unpaired) electrons. The first kappa shape index (κ1) is 41.3.